The van der Waals surface area contributed by atoms with Crippen LogP contribution in [0.1, 0.15) is 47.4 Å². The molecule has 0 amide bonds. The summed E-state index contributed by atoms with van der Waals surface area (Å²) in [7, 11) is 0. The van der Waals surface area contributed by atoms with Gasteiger partial charge in [0, 0.05) is 64.7 Å². The van der Waals surface area contributed by atoms with Crippen LogP contribution in [0.15, 0.2) is 147 Å². The van der Waals surface area contributed by atoms with E-state index < -0.39 is 5.41 Å². The van der Waals surface area contributed by atoms with Crippen LogP contribution in [0.2, 0.25) is 0 Å². The number of para-hydroxylation sites is 2. The monoisotopic (exact) mass is 692 g/mol. The Hall–Kier alpha value is -6.99. The largest absolute Gasteiger partial charge is 0.308 e. The highest BCUT2D eigenvalue weighted by molar-refractivity contribution is 6.12. The van der Waals surface area contributed by atoms with Gasteiger partial charge in [-0.2, -0.15) is 4.57 Å². The fourth-order valence-electron chi connectivity index (χ4n) is 10.6. The van der Waals surface area contributed by atoms with Crippen LogP contribution in [0.5, 0.6) is 0 Å². The highest BCUT2D eigenvalue weighted by atomic mass is 15.1. The molecule has 0 saturated carbocycles. The van der Waals surface area contributed by atoms with E-state index >= 15 is 0 Å². The van der Waals surface area contributed by atoms with Gasteiger partial charge >= 0.3 is 0 Å². The molecule has 0 bridgehead atoms. The molecule has 3 aliphatic rings. The molecule has 252 valence electrons. The first-order chi connectivity index (χ1) is 26.6. The van der Waals surface area contributed by atoms with Gasteiger partial charge in [0.1, 0.15) is 11.8 Å². The van der Waals surface area contributed by atoms with Gasteiger partial charge in [0.25, 0.3) is 0 Å². The van der Waals surface area contributed by atoms with Gasteiger partial charge in [0.05, 0.1) is 50.6 Å². The minimum Gasteiger partial charge on any atom is -0.308 e. The zero-order valence-corrected chi connectivity index (χ0v) is 29.5. The highest BCUT2D eigenvalue weighted by Gasteiger charge is 2.51. The van der Waals surface area contributed by atoms with Crippen LogP contribution in [0, 0.1) is 0 Å². The number of hydrogen-bond acceptors (Lipinski definition) is 4. The van der Waals surface area contributed by atoms with Crippen molar-refractivity contribution >= 4 is 43.7 Å². The van der Waals surface area contributed by atoms with Crippen molar-refractivity contribution in [2.45, 2.75) is 24.7 Å². The quantitative estimate of drug-likeness (QED) is 0.161. The van der Waals surface area contributed by atoms with Crippen LogP contribution in [0.25, 0.3) is 71.9 Å². The van der Waals surface area contributed by atoms with Crippen molar-refractivity contribution < 1.29 is 4.57 Å². The third-order valence-corrected chi connectivity index (χ3v) is 12.7. The second kappa shape index (κ2) is 9.51. The SMILES string of the molecule is CC1(C)c2ncncc2-n2c3ccncc3c3c2c1cc[n+]3-c1ccc2c(c1)-c1ccccc1C21c2ccccc2-n2c3ccncc3c3cccc1c32. The zero-order chi connectivity index (χ0) is 35.5. The van der Waals surface area contributed by atoms with Crippen molar-refractivity contribution in [1.29, 1.82) is 0 Å². The summed E-state index contributed by atoms with van der Waals surface area (Å²) in [5.74, 6) is 0. The molecule has 2 aliphatic heterocycles. The van der Waals surface area contributed by atoms with Crippen molar-refractivity contribution in [2.24, 2.45) is 0 Å². The summed E-state index contributed by atoms with van der Waals surface area (Å²) in [6.45, 7) is 4.53. The molecule has 7 heteroatoms. The second-order valence-electron chi connectivity index (χ2n) is 15.4. The zero-order valence-electron chi connectivity index (χ0n) is 29.5. The van der Waals surface area contributed by atoms with Crippen molar-refractivity contribution in [2.75, 3.05) is 0 Å². The molecule has 10 aromatic rings. The van der Waals surface area contributed by atoms with Crippen LogP contribution in [0.4, 0.5) is 0 Å². The molecule has 0 saturated heterocycles. The first-order valence-electron chi connectivity index (χ1n) is 18.4. The Kier molecular flexibility index (Phi) is 5.03. The molecule has 13 rings (SSSR count). The fraction of sp³-hybridized carbons (Fsp3) is 0.0851. The minimum absolute atomic E-state index is 0.315. The Morgan fingerprint density at radius 1 is 0.556 bits per heavy atom. The fourth-order valence-corrected chi connectivity index (χ4v) is 10.6. The molecule has 4 aromatic carbocycles. The summed E-state index contributed by atoms with van der Waals surface area (Å²) in [4.78, 5) is 18.5. The van der Waals surface area contributed by atoms with E-state index in [2.05, 4.69) is 152 Å². The van der Waals surface area contributed by atoms with Gasteiger partial charge in [0.15, 0.2) is 6.20 Å². The third-order valence-electron chi connectivity index (χ3n) is 12.7. The first-order valence-corrected chi connectivity index (χ1v) is 18.4. The maximum atomic E-state index is 4.82. The summed E-state index contributed by atoms with van der Waals surface area (Å²) in [6, 6.07) is 38.5. The van der Waals surface area contributed by atoms with E-state index in [0.29, 0.717) is 0 Å². The normalized spacial score (nSPS) is 16.9. The first kappa shape index (κ1) is 28.6. The second-order valence-corrected chi connectivity index (χ2v) is 15.4. The van der Waals surface area contributed by atoms with Gasteiger partial charge in [0.2, 0.25) is 11.2 Å². The average molecular weight is 693 g/mol. The molecule has 54 heavy (non-hydrogen) atoms. The topological polar surface area (TPSA) is 65.3 Å². The lowest BCUT2D eigenvalue weighted by Crippen LogP contribution is -2.35. The molecular formula is C47H30N7+. The molecular weight excluding hydrogens is 663 g/mol. The number of hydrogen-bond donors (Lipinski definition) is 0. The number of aromatic nitrogens is 7. The Labute approximate surface area is 309 Å². The molecule has 1 unspecified atom stereocenters. The Bertz CT molecular complexity index is 3330. The molecule has 1 atom stereocenters. The van der Waals surface area contributed by atoms with Crippen LogP contribution >= 0.6 is 0 Å². The number of nitrogens with zero attached hydrogens (tertiary/aromatic N) is 7. The van der Waals surface area contributed by atoms with Crippen molar-refractivity contribution in [1.82, 2.24) is 29.1 Å². The smallest absolute Gasteiger partial charge is 0.246 e. The molecule has 1 spiro atoms. The number of benzene rings is 4. The molecule has 0 radical (unpaired) electrons. The standard InChI is InChI=1S/C47H30N7/c1-46(2)36-18-21-52(43-32-24-49-20-17-39(32)54(44(36)43)41-25-50-26-51-45(41)46)27-14-15-34-30(22-27)28-8-3-4-10-33(28)47(34)35-11-5-6-13-40(35)53-38-16-19-48-23-31(38)29-9-7-12-37(47)42(29)53/h3-26H,1-2H3/q+1. The minimum atomic E-state index is -0.503. The lowest BCUT2D eigenvalue weighted by Gasteiger charge is -2.39. The Balaban J connectivity index is 1.14. The van der Waals surface area contributed by atoms with E-state index in [1.165, 1.54) is 72.0 Å². The van der Waals surface area contributed by atoms with E-state index in [9.17, 15) is 0 Å². The van der Waals surface area contributed by atoms with Crippen LogP contribution in [-0.2, 0) is 10.8 Å². The van der Waals surface area contributed by atoms with Gasteiger partial charge in [-0.05, 0) is 65.4 Å². The van der Waals surface area contributed by atoms with E-state index in [-0.39, 0.29) is 5.41 Å². The van der Waals surface area contributed by atoms with E-state index in [0.717, 1.165) is 33.5 Å². The summed E-state index contributed by atoms with van der Waals surface area (Å²) >= 11 is 0. The molecule has 7 nitrogen and oxygen atoms in total. The predicted octanol–water partition coefficient (Wildman–Crippen LogP) is 9.05. The van der Waals surface area contributed by atoms with Crippen molar-refractivity contribution in [3.05, 3.63) is 180 Å². The van der Waals surface area contributed by atoms with E-state index in [1.54, 1.807) is 6.33 Å². The van der Waals surface area contributed by atoms with Gasteiger partial charge in [-0.25, -0.2) is 9.97 Å². The number of pyridine rings is 3. The van der Waals surface area contributed by atoms with Gasteiger partial charge in [-0.1, -0.05) is 66.7 Å². The molecule has 0 N–H and O–H groups in total. The van der Waals surface area contributed by atoms with E-state index in [1.807, 2.05) is 31.0 Å². The van der Waals surface area contributed by atoms with Gasteiger partial charge < -0.3 is 9.13 Å². The maximum Gasteiger partial charge on any atom is 0.246 e. The molecule has 0 fully saturated rings. The maximum absolute atomic E-state index is 4.82. The van der Waals surface area contributed by atoms with Gasteiger partial charge in [-0.15, -0.1) is 0 Å². The number of rotatable bonds is 1. The Morgan fingerprint density at radius 3 is 2.19 bits per heavy atom. The average Bonchev–Trinajstić information content (AvgIpc) is 3.85. The summed E-state index contributed by atoms with van der Waals surface area (Å²) in [5, 5.41) is 3.49. The highest BCUT2D eigenvalue weighted by Crippen LogP contribution is 2.61. The summed E-state index contributed by atoms with van der Waals surface area (Å²) in [5.41, 5.74) is 18.3. The summed E-state index contributed by atoms with van der Waals surface area (Å²) < 4.78 is 7.16. The van der Waals surface area contributed by atoms with Crippen LogP contribution in [-0.4, -0.2) is 29.1 Å². The van der Waals surface area contributed by atoms with Crippen LogP contribution in [0.3, 0.4) is 0 Å². The predicted molar refractivity (Wildman–Crippen MR) is 211 cm³/mol. The van der Waals surface area contributed by atoms with E-state index in [4.69, 9.17) is 4.98 Å². The van der Waals surface area contributed by atoms with Crippen molar-refractivity contribution in [3.63, 3.8) is 0 Å². The number of fused-ring (bicyclic) bond motifs is 17. The Morgan fingerprint density at radius 2 is 1.30 bits per heavy atom. The molecule has 1 aliphatic carbocycles. The van der Waals surface area contributed by atoms with Crippen LogP contribution < -0.4 is 4.57 Å². The molecule has 8 heterocycles. The lowest BCUT2D eigenvalue weighted by atomic mass is 9.65. The summed E-state index contributed by atoms with van der Waals surface area (Å²) in [6.07, 6.45) is 13.7. The van der Waals surface area contributed by atoms with Crippen molar-refractivity contribution in [3.8, 4) is 28.2 Å². The molecule has 6 aromatic heterocycles. The lowest BCUT2D eigenvalue weighted by molar-refractivity contribution is -0.566. The van der Waals surface area contributed by atoms with Gasteiger partial charge in [-0.3, -0.25) is 9.97 Å². The third kappa shape index (κ3) is 3.09.